The van der Waals surface area contributed by atoms with Crippen LogP contribution in [0.3, 0.4) is 0 Å². The maximum absolute atomic E-state index is 13.2. The van der Waals surface area contributed by atoms with E-state index < -0.39 is 5.60 Å². The molecule has 0 aliphatic carbocycles. The Balaban J connectivity index is 1.34. The summed E-state index contributed by atoms with van der Waals surface area (Å²) in [6, 6.07) is 21.4. The monoisotopic (exact) mass is 485 g/mol. The number of ether oxygens (including phenoxy) is 1. The highest BCUT2D eigenvalue weighted by atomic mass is 19.1. The molecule has 0 aromatic heterocycles. The number of fused-ring (bicyclic) bond motifs is 2. The standard InChI is InChI=1S/C32H36FNO2/c1-22(8-7-11-23-12-14-26(33)15-13-23)25-18-29(35)31-27-21-34(20-24-9-5-4-6-10-24)17-16-28(27)32(2,3)36-30(31)19-25/h4-6,9-10,12-15,18-19,22,35H,7-8,11,16-17,20-21H2,1-3H3. The summed E-state index contributed by atoms with van der Waals surface area (Å²) in [7, 11) is 0. The first-order chi connectivity index (χ1) is 17.3. The van der Waals surface area contributed by atoms with Crippen molar-refractivity contribution in [3.8, 4) is 11.5 Å². The molecular weight excluding hydrogens is 449 g/mol. The fourth-order valence-corrected chi connectivity index (χ4v) is 5.75. The Labute approximate surface area is 214 Å². The quantitative estimate of drug-likeness (QED) is 0.376. The second-order valence-electron chi connectivity index (χ2n) is 10.8. The van der Waals surface area contributed by atoms with Gasteiger partial charge in [-0.15, -0.1) is 0 Å². The number of hydrogen-bond donors (Lipinski definition) is 1. The number of phenolic OH excluding ortho intramolecular Hbond substituents is 1. The molecule has 0 spiro atoms. The van der Waals surface area contributed by atoms with Gasteiger partial charge in [-0.1, -0.05) is 49.4 Å². The molecule has 1 unspecified atom stereocenters. The summed E-state index contributed by atoms with van der Waals surface area (Å²) < 4.78 is 19.7. The third-order valence-corrected chi connectivity index (χ3v) is 7.76. The van der Waals surface area contributed by atoms with Gasteiger partial charge in [-0.05, 0) is 97.6 Å². The zero-order chi connectivity index (χ0) is 25.3. The second kappa shape index (κ2) is 10.1. The van der Waals surface area contributed by atoms with E-state index >= 15 is 0 Å². The fraction of sp³-hybridized carbons (Fsp3) is 0.375. The summed E-state index contributed by atoms with van der Waals surface area (Å²) in [5.74, 6) is 1.20. The van der Waals surface area contributed by atoms with Crippen molar-refractivity contribution >= 4 is 5.57 Å². The van der Waals surface area contributed by atoms with Crippen molar-refractivity contribution in [2.45, 2.75) is 64.5 Å². The van der Waals surface area contributed by atoms with Gasteiger partial charge in [-0.3, -0.25) is 4.90 Å². The molecule has 4 heteroatoms. The van der Waals surface area contributed by atoms with Gasteiger partial charge in [0.25, 0.3) is 0 Å². The Morgan fingerprint density at radius 3 is 2.53 bits per heavy atom. The summed E-state index contributed by atoms with van der Waals surface area (Å²) in [5.41, 5.74) is 6.55. The van der Waals surface area contributed by atoms with Crippen molar-refractivity contribution < 1.29 is 14.2 Å². The maximum Gasteiger partial charge on any atom is 0.132 e. The molecule has 0 saturated carbocycles. The van der Waals surface area contributed by atoms with Gasteiger partial charge in [0.1, 0.15) is 22.9 Å². The van der Waals surface area contributed by atoms with Crippen molar-refractivity contribution in [3.05, 3.63) is 100 Å². The van der Waals surface area contributed by atoms with E-state index in [0.29, 0.717) is 5.75 Å². The van der Waals surface area contributed by atoms with Gasteiger partial charge in [0.15, 0.2) is 0 Å². The van der Waals surface area contributed by atoms with Gasteiger partial charge < -0.3 is 9.84 Å². The predicted octanol–water partition coefficient (Wildman–Crippen LogP) is 7.49. The highest BCUT2D eigenvalue weighted by Crippen LogP contribution is 2.49. The van der Waals surface area contributed by atoms with Crippen LogP contribution < -0.4 is 4.74 Å². The van der Waals surface area contributed by atoms with Crippen LogP contribution in [0.5, 0.6) is 11.5 Å². The number of benzene rings is 3. The molecule has 0 fully saturated rings. The lowest BCUT2D eigenvalue weighted by Gasteiger charge is -2.42. The van der Waals surface area contributed by atoms with Gasteiger partial charge >= 0.3 is 0 Å². The minimum absolute atomic E-state index is 0.195. The Morgan fingerprint density at radius 1 is 1.03 bits per heavy atom. The van der Waals surface area contributed by atoms with Gasteiger partial charge in [0.05, 0.1) is 5.56 Å². The van der Waals surface area contributed by atoms with Crippen LogP contribution in [-0.2, 0) is 13.0 Å². The number of phenols is 1. The molecule has 36 heavy (non-hydrogen) atoms. The third-order valence-electron chi connectivity index (χ3n) is 7.76. The summed E-state index contributed by atoms with van der Waals surface area (Å²) in [6.45, 7) is 9.19. The lowest BCUT2D eigenvalue weighted by Crippen LogP contribution is -2.42. The number of aromatic hydroxyl groups is 1. The molecular formula is C32H36FNO2. The summed E-state index contributed by atoms with van der Waals surface area (Å²) in [5, 5.41) is 11.2. The van der Waals surface area contributed by atoms with Crippen molar-refractivity contribution in [2.24, 2.45) is 0 Å². The Kier molecular flexibility index (Phi) is 6.90. The molecule has 2 aliphatic rings. The lowest BCUT2D eigenvalue weighted by atomic mass is 9.80. The molecule has 0 radical (unpaired) electrons. The largest absolute Gasteiger partial charge is 0.507 e. The van der Waals surface area contributed by atoms with E-state index in [-0.39, 0.29) is 11.7 Å². The number of halogens is 1. The first-order valence-corrected chi connectivity index (χ1v) is 13.1. The molecule has 188 valence electrons. The molecule has 1 N–H and O–H groups in total. The molecule has 0 saturated heterocycles. The molecule has 0 amide bonds. The molecule has 0 bridgehead atoms. The molecule has 3 aromatic rings. The first kappa shape index (κ1) is 24.6. The van der Waals surface area contributed by atoms with Crippen LogP contribution in [0.15, 0.2) is 72.3 Å². The van der Waals surface area contributed by atoms with Crippen molar-refractivity contribution in [3.63, 3.8) is 0 Å². The van der Waals surface area contributed by atoms with Crippen molar-refractivity contribution in [1.29, 1.82) is 0 Å². The number of hydrogen-bond acceptors (Lipinski definition) is 3. The SMILES string of the molecule is CC(CCCc1ccc(F)cc1)c1cc(O)c2c(c1)OC(C)(C)C1=C2CN(Cc2ccccc2)CC1. The maximum atomic E-state index is 13.2. The van der Waals surface area contributed by atoms with Crippen LogP contribution in [0.4, 0.5) is 4.39 Å². The Bertz CT molecular complexity index is 1250. The fourth-order valence-electron chi connectivity index (χ4n) is 5.75. The predicted molar refractivity (Wildman–Crippen MR) is 144 cm³/mol. The summed E-state index contributed by atoms with van der Waals surface area (Å²) >= 11 is 0. The first-order valence-electron chi connectivity index (χ1n) is 13.1. The minimum Gasteiger partial charge on any atom is -0.507 e. The number of aryl methyl sites for hydroxylation is 1. The van der Waals surface area contributed by atoms with Crippen LogP contribution in [0, 0.1) is 5.82 Å². The zero-order valence-electron chi connectivity index (χ0n) is 21.6. The minimum atomic E-state index is -0.391. The topological polar surface area (TPSA) is 32.7 Å². The van der Waals surface area contributed by atoms with Gasteiger partial charge in [-0.2, -0.15) is 0 Å². The normalized spacial score (nSPS) is 17.8. The summed E-state index contributed by atoms with van der Waals surface area (Å²) in [4.78, 5) is 2.46. The molecule has 3 nitrogen and oxygen atoms in total. The number of nitrogens with zero attached hydrogens (tertiary/aromatic N) is 1. The van der Waals surface area contributed by atoms with Crippen LogP contribution in [0.1, 0.15) is 68.2 Å². The molecule has 2 aliphatic heterocycles. The molecule has 1 atom stereocenters. The van der Waals surface area contributed by atoms with E-state index in [1.54, 1.807) is 0 Å². The molecule has 2 heterocycles. The van der Waals surface area contributed by atoms with E-state index in [4.69, 9.17) is 4.74 Å². The number of rotatable bonds is 7. The highest BCUT2D eigenvalue weighted by Gasteiger charge is 2.39. The zero-order valence-corrected chi connectivity index (χ0v) is 21.6. The van der Waals surface area contributed by atoms with Crippen molar-refractivity contribution in [2.75, 3.05) is 13.1 Å². The van der Waals surface area contributed by atoms with Gasteiger partial charge in [-0.25, -0.2) is 4.39 Å². The Morgan fingerprint density at radius 2 is 1.78 bits per heavy atom. The van der Waals surface area contributed by atoms with Crippen LogP contribution in [-0.4, -0.2) is 28.7 Å². The van der Waals surface area contributed by atoms with E-state index in [0.717, 1.165) is 67.8 Å². The van der Waals surface area contributed by atoms with E-state index in [1.165, 1.54) is 28.8 Å². The van der Waals surface area contributed by atoms with Gasteiger partial charge in [0.2, 0.25) is 0 Å². The third kappa shape index (κ3) is 5.19. The Hall–Kier alpha value is -3.11. The smallest absolute Gasteiger partial charge is 0.132 e. The van der Waals surface area contributed by atoms with Crippen LogP contribution >= 0.6 is 0 Å². The molecule has 5 rings (SSSR count). The summed E-state index contributed by atoms with van der Waals surface area (Å²) in [6.07, 6.45) is 3.84. The van der Waals surface area contributed by atoms with Crippen LogP contribution in [0.25, 0.3) is 5.57 Å². The van der Waals surface area contributed by atoms with Crippen molar-refractivity contribution in [1.82, 2.24) is 4.90 Å². The highest BCUT2D eigenvalue weighted by molar-refractivity contribution is 5.82. The average molecular weight is 486 g/mol. The average Bonchev–Trinajstić information content (AvgIpc) is 2.85. The van der Waals surface area contributed by atoms with Crippen LogP contribution in [0.2, 0.25) is 0 Å². The van der Waals surface area contributed by atoms with E-state index in [2.05, 4.69) is 62.1 Å². The second-order valence-corrected chi connectivity index (χ2v) is 10.8. The molecule has 3 aromatic carbocycles. The van der Waals surface area contributed by atoms with Gasteiger partial charge in [0, 0.05) is 19.6 Å². The lowest BCUT2D eigenvalue weighted by molar-refractivity contribution is 0.129. The van der Waals surface area contributed by atoms with E-state index in [1.807, 2.05) is 18.2 Å². The van der Waals surface area contributed by atoms with E-state index in [9.17, 15) is 9.50 Å².